The summed E-state index contributed by atoms with van der Waals surface area (Å²) in [7, 11) is 0. The number of benzene rings is 1. The first kappa shape index (κ1) is 13.7. The third kappa shape index (κ3) is 2.50. The Balaban J connectivity index is 1.75. The summed E-state index contributed by atoms with van der Waals surface area (Å²) < 4.78 is 14.8. The van der Waals surface area contributed by atoms with Gasteiger partial charge in [-0.2, -0.15) is 4.98 Å². The van der Waals surface area contributed by atoms with Crippen LogP contribution in [-0.4, -0.2) is 25.6 Å². The van der Waals surface area contributed by atoms with Crippen molar-refractivity contribution in [1.82, 2.24) is 14.6 Å². The van der Waals surface area contributed by atoms with E-state index in [-0.39, 0.29) is 17.8 Å². The molecule has 23 heavy (non-hydrogen) atoms. The van der Waals surface area contributed by atoms with Gasteiger partial charge in [0.15, 0.2) is 17.2 Å². The van der Waals surface area contributed by atoms with Gasteiger partial charge in [-0.15, -0.1) is 5.10 Å². The van der Waals surface area contributed by atoms with E-state index in [1.807, 2.05) is 0 Å². The smallest absolute Gasteiger partial charge is 0.249 e. The zero-order chi connectivity index (χ0) is 16.0. The highest BCUT2D eigenvalue weighted by molar-refractivity contribution is 5.92. The number of hydrogen-bond donors (Lipinski definition) is 2. The fourth-order valence-corrected chi connectivity index (χ4v) is 2.41. The van der Waals surface area contributed by atoms with Gasteiger partial charge in [0, 0.05) is 11.5 Å². The van der Waals surface area contributed by atoms with Crippen LogP contribution in [-0.2, 0) is 4.79 Å². The van der Waals surface area contributed by atoms with Crippen LogP contribution in [0, 0.1) is 11.7 Å². The van der Waals surface area contributed by atoms with E-state index in [0.29, 0.717) is 16.9 Å². The number of carbonyl (C=O) groups excluding carboxylic acids is 1. The molecular weight excluding hydrogens is 299 g/mol. The molecule has 2 aromatic heterocycles. The van der Waals surface area contributed by atoms with Crippen LogP contribution in [0.5, 0.6) is 5.75 Å². The van der Waals surface area contributed by atoms with Gasteiger partial charge in [0.05, 0.1) is 5.69 Å². The summed E-state index contributed by atoms with van der Waals surface area (Å²) in [5.74, 6) is -0.878. The van der Waals surface area contributed by atoms with Gasteiger partial charge in [0.2, 0.25) is 11.9 Å². The van der Waals surface area contributed by atoms with Gasteiger partial charge in [-0.25, -0.2) is 8.91 Å². The van der Waals surface area contributed by atoms with Gasteiger partial charge in [-0.3, -0.25) is 10.1 Å². The number of hydrogen-bond acceptors (Lipinski definition) is 4. The van der Waals surface area contributed by atoms with E-state index in [2.05, 4.69) is 15.4 Å². The molecule has 7 heteroatoms. The quantitative estimate of drug-likeness (QED) is 0.779. The minimum atomic E-state index is -0.683. The monoisotopic (exact) mass is 312 g/mol. The number of pyridine rings is 1. The molecule has 1 aliphatic carbocycles. The minimum absolute atomic E-state index is 0.0649. The molecule has 0 atom stereocenters. The van der Waals surface area contributed by atoms with Crippen molar-refractivity contribution in [3.05, 3.63) is 42.2 Å². The number of fused-ring (bicyclic) bond motifs is 1. The molecule has 2 N–H and O–H groups in total. The molecule has 0 saturated heterocycles. The van der Waals surface area contributed by atoms with Crippen LogP contribution < -0.4 is 5.32 Å². The van der Waals surface area contributed by atoms with Gasteiger partial charge in [0.1, 0.15) is 0 Å². The number of phenols is 1. The Hall–Kier alpha value is -2.96. The number of anilines is 1. The normalized spacial score (nSPS) is 14.1. The third-order valence-corrected chi connectivity index (χ3v) is 3.78. The van der Waals surface area contributed by atoms with Crippen molar-refractivity contribution in [2.45, 2.75) is 12.8 Å². The predicted octanol–water partition coefficient (Wildman–Crippen LogP) is 2.59. The standard InChI is InChI=1S/C16H13FN4O2/c17-11-7-6-10(8-13(11)22)12-2-1-3-14-18-16(20-21(12)14)19-15(23)9-4-5-9/h1-3,6-9,22H,4-5H2,(H,19,20,23). The van der Waals surface area contributed by atoms with E-state index < -0.39 is 11.6 Å². The summed E-state index contributed by atoms with van der Waals surface area (Å²) in [5, 5.41) is 16.5. The average Bonchev–Trinajstić information content (AvgIpc) is 3.30. The second-order valence-corrected chi connectivity index (χ2v) is 5.55. The molecule has 1 saturated carbocycles. The molecule has 1 aliphatic rings. The lowest BCUT2D eigenvalue weighted by Crippen LogP contribution is -2.14. The lowest BCUT2D eigenvalue weighted by molar-refractivity contribution is -0.117. The van der Waals surface area contributed by atoms with Gasteiger partial charge in [0.25, 0.3) is 0 Å². The van der Waals surface area contributed by atoms with Crippen LogP contribution >= 0.6 is 0 Å². The Morgan fingerprint density at radius 1 is 1.30 bits per heavy atom. The number of halogens is 1. The average molecular weight is 312 g/mol. The predicted molar refractivity (Wildman–Crippen MR) is 81.4 cm³/mol. The second kappa shape index (κ2) is 5.05. The van der Waals surface area contributed by atoms with Crippen LogP contribution in [0.1, 0.15) is 12.8 Å². The highest BCUT2D eigenvalue weighted by Crippen LogP contribution is 2.30. The number of rotatable bonds is 3. The maximum absolute atomic E-state index is 13.2. The number of nitrogens with one attached hydrogen (secondary N) is 1. The number of nitrogens with zero attached hydrogens (tertiary/aromatic N) is 3. The molecule has 0 radical (unpaired) electrons. The summed E-state index contributed by atoms with van der Waals surface area (Å²) in [4.78, 5) is 16.1. The van der Waals surface area contributed by atoms with Crippen molar-refractivity contribution in [3.63, 3.8) is 0 Å². The van der Waals surface area contributed by atoms with Crippen LogP contribution in [0.3, 0.4) is 0 Å². The van der Waals surface area contributed by atoms with E-state index in [1.54, 1.807) is 28.8 Å². The molecule has 2 heterocycles. The van der Waals surface area contributed by atoms with Crippen LogP contribution in [0.15, 0.2) is 36.4 Å². The van der Waals surface area contributed by atoms with Crippen LogP contribution in [0.2, 0.25) is 0 Å². The molecule has 4 rings (SSSR count). The fourth-order valence-electron chi connectivity index (χ4n) is 2.41. The molecule has 6 nitrogen and oxygen atoms in total. The van der Waals surface area contributed by atoms with Crippen LogP contribution in [0.25, 0.3) is 16.9 Å². The van der Waals surface area contributed by atoms with Crippen molar-refractivity contribution in [2.24, 2.45) is 5.92 Å². The fraction of sp³-hybridized carbons (Fsp3) is 0.188. The van der Waals surface area contributed by atoms with Crippen molar-refractivity contribution in [2.75, 3.05) is 5.32 Å². The van der Waals surface area contributed by atoms with Gasteiger partial charge < -0.3 is 5.11 Å². The van der Waals surface area contributed by atoms with E-state index in [0.717, 1.165) is 12.8 Å². The van der Waals surface area contributed by atoms with E-state index in [4.69, 9.17) is 0 Å². The second-order valence-electron chi connectivity index (χ2n) is 5.55. The molecule has 116 valence electrons. The highest BCUT2D eigenvalue weighted by Gasteiger charge is 2.30. The first-order chi connectivity index (χ1) is 11.1. The maximum Gasteiger partial charge on any atom is 0.249 e. The van der Waals surface area contributed by atoms with E-state index in [1.165, 1.54) is 12.1 Å². The zero-order valence-electron chi connectivity index (χ0n) is 12.0. The summed E-state index contributed by atoms with van der Waals surface area (Å²) in [5.41, 5.74) is 1.79. The summed E-state index contributed by atoms with van der Waals surface area (Å²) in [6, 6.07) is 9.39. The molecule has 1 amide bonds. The van der Waals surface area contributed by atoms with Gasteiger partial charge >= 0.3 is 0 Å². The Labute approximate surface area is 130 Å². The SMILES string of the molecule is O=C(Nc1nc2cccc(-c3ccc(F)c(O)c3)n2n1)C1CC1. The molecule has 3 aromatic rings. The number of carbonyl (C=O) groups is 1. The zero-order valence-corrected chi connectivity index (χ0v) is 12.0. The molecule has 0 spiro atoms. The van der Waals surface area contributed by atoms with Crippen molar-refractivity contribution >= 4 is 17.5 Å². The first-order valence-corrected chi connectivity index (χ1v) is 7.27. The molecular formula is C16H13FN4O2. The van der Waals surface area contributed by atoms with Crippen molar-refractivity contribution < 1.29 is 14.3 Å². The number of amides is 1. The Bertz CT molecular complexity index is 918. The van der Waals surface area contributed by atoms with E-state index >= 15 is 0 Å². The minimum Gasteiger partial charge on any atom is -0.505 e. The van der Waals surface area contributed by atoms with Gasteiger partial charge in [-0.1, -0.05) is 6.07 Å². The highest BCUT2D eigenvalue weighted by atomic mass is 19.1. The molecule has 0 bridgehead atoms. The van der Waals surface area contributed by atoms with Gasteiger partial charge in [-0.05, 0) is 43.2 Å². The number of phenolic OH excluding ortho intramolecular Hbond substituents is 1. The third-order valence-electron chi connectivity index (χ3n) is 3.78. The van der Waals surface area contributed by atoms with Crippen LogP contribution in [0.4, 0.5) is 10.3 Å². The van der Waals surface area contributed by atoms with E-state index in [9.17, 15) is 14.3 Å². The number of aromatic nitrogens is 3. The number of aromatic hydroxyl groups is 1. The largest absolute Gasteiger partial charge is 0.505 e. The Morgan fingerprint density at radius 2 is 2.13 bits per heavy atom. The van der Waals surface area contributed by atoms with Crippen molar-refractivity contribution in [3.8, 4) is 17.0 Å². The molecule has 1 aromatic carbocycles. The summed E-state index contributed by atoms with van der Waals surface area (Å²) in [6.45, 7) is 0. The lowest BCUT2D eigenvalue weighted by atomic mass is 10.1. The summed E-state index contributed by atoms with van der Waals surface area (Å²) in [6.07, 6.45) is 1.80. The first-order valence-electron chi connectivity index (χ1n) is 7.27. The molecule has 0 unspecified atom stereocenters. The Morgan fingerprint density at radius 3 is 2.87 bits per heavy atom. The molecule has 1 fully saturated rings. The molecule has 0 aliphatic heterocycles. The lowest BCUT2D eigenvalue weighted by Gasteiger charge is -2.05. The Kier molecular flexibility index (Phi) is 3.00. The topological polar surface area (TPSA) is 79.5 Å². The maximum atomic E-state index is 13.2. The summed E-state index contributed by atoms with van der Waals surface area (Å²) >= 11 is 0. The van der Waals surface area contributed by atoms with Crippen molar-refractivity contribution in [1.29, 1.82) is 0 Å².